The number of hydrogen-bond acceptors (Lipinski definition) is 8. The number of sulfonamides is 1. The Hall–Kier alpha value is -4.32. The van der Waals surface area contributed by atoms with Crippen LogP contribution in [0.3, 0.4) is 0 Å². The van der Waals surface area contributed by atoms with E-state index in [9.17, 15) is 18.5 Å². The molecule has 0 aliphatic rings. The summed E-state index contributed by atoms with van der Waals surface area (Å²) >= 11 is 0. The molecule has 0 spiro atoms. The van der Waals surface area contributed by atoms with E-state index in [0.29, 0.717) is 17.3 Å². The van der Waals surface area contributed by atoms with Crippen LogP contribution in [0.25, 0.3) is 5.82 Å². The van der Waals surface area contributed by atoms with Gasteiger partial charge in [-0.3, -0.25) is 19.4 Å². The van der Waals surface area contributed by atoms with Crippen LogP contribution in [0.1, 0.15) is 0 Å². The Labute approximate surface area is 176 Å². The lowest BCUT2D eigenvalue weighted by atomic mass is 10.3. The molecule has 12 heteroatoms. The van der Waals surface area contributed by atoms with E-state index in [-0.39, 0.29) is 16.5 Å². The summed E-state index contributed by atoms with van der Waals surface area (Å²) in [5, 5.41) is 18.7. The first kappa shape index (κ1) is 20.0. The summed E-state index contributed by atoms with van der Waals surface area (Å²) in [5.74, 6) is 1.28. The second kappa shape index (κ2) is 8.20. The predicted octanol–water partition coefficient (Wildman–Crippen LogP) is 3.16. The summed E-state index contributed by atoms with van der Waals surface area (Å²) in [6.07, 6.45) is 4.96. The zero-order valence-electron chi connectivity index (χ0n) is 15.7. The number of nitro groups is 1. The molecule has 4 aromatic rings. The second-order valence-corrected chi connectivity index (χ2v) is 7.87. The van der Waals surface area contributed by atoms with Gasteiger partial charge in [0.1, 0.15) is 12.1 Å². The maximum absolute atomic E-state index is 12.5. The largest absolute Gasteiger partial charge is 0.438 e. The minimum absolute atomic E-state index is 0.0910. The third kappa shape index (κ3) is 4.64. The molecule has 0 saturated heterocycles. The number of rotatable bonds is 7. The highest BCUT2D eigenvalue weighted by molar-refractivity contribution is 7.92. The molecule has 2 heterocycles. The first-order valence-corrected chi connectivity index (χ1v) is 10.3. The van der Waals surface area contributed by atoms with Crippen molar-refractivity contribution in [2.24, 2.45) is 0 Å². The Balaban J connectivity index is 1.42. The van der Waals surface area contributed by atoms with E-state index in [2.05, 4.69) is 19.9 Å². The van der Waals surface area contributed by atoms with E-state index in [1.165, 1.54) is 24.3 Å². The van der Waals surface area contributed by atoms with Crippen molar-refractivity contribution in [1.82, 2.24) is 19.7 Å². The molecule has 0 saturated carbocycles. The first-order valence-electron chi connectivity index (χ1n) is 8.78. The molecule has 156 valence electrons. The molecule has 2 aromatic carbocycles. The molecule has 31 heavy (non-hydrogen) atoms. The fraction of sp³-hybridized carbons (Fsp3) is 0. The van der Waals surface area contributed by atoms with Gasteiger partial charge in [0.2, 0.25) is 5.88 Å². The third-order valence-electron chi connectivity index (χ3n) is 4.08. The van der Waals surface area contributed by atoms with Gasteiger partial charge >= 0.3 is 0 Å². The van der Waals surface area contributed by atoms with Gasteiger partial charge in [0.25, 0.3) is 15.7 Å². The van der Waals surface area contributed by atoms with Gasteiger partial charge in [-0.05, 0) is 42.5 Å². The zero-order valence-corrected chi connectivity index (χ0v) is 16.5. The van der Waals surface area contributed by atoms with Crippen LogP contribution in [0.4, 0.5) is 11.4 Å². The Morgan fingerprint density at radius 3 is 2.29 bits per heavy atom. The summed E-state index contributed by atoms with van der Waals surface area (Å²) in [6.45, 7) is 0. The van der Waals surface area contributed by atoms with Crippen molar-refractivity contribution in [3.63, 3.8) is 0 Å². The monoisotopic (exact) mass is 438 g/mol. The SMILES string of the molecule is O=[N+]([O-])c1ccc(S(=O)(=O)Nc2ccc(Oc3ccc(-n4ccnc4)nn3)cc2)cc1. The maximum atomic E-state index is 12.5. The normalized spacial score (nSPS) is 11.1. The van der Waals surface area contributed by atoms with Gasteiger partial charge in [0.05, 0.1) is 9.82 Å². The summed E-state index contributed by atoms with van der Waals surface area (Å²) in [7, 11) is -3.90. The number of anilines is 1. The van der Waals surface area contributed by atoms with Gasteiger partial charge in [-0.15, -0.1) is 10.2 Å². The third-order valence-corrected chi connectivity index (χ3v) is 5.48. The van der Waals surface area contributed by atoms with E-state index in [1.807, 2.05) is 0 Å². The number of ether oxygens (including phenoxy) is 1. The smallest absolute Gasteiger partial charge is 0.269 e. The topological polar surface area (TPSA) is 142 Å². The van der Waals surface area contributed by atoms with E-state index in [4.69, 9.17) is 4.74 Å². The van der Waals surface area contributed by atoms with Crippen LogP contribution in [0.5, 0.6) is 11.6 Å². The van der Waals surface area contributed by atoms with Crippen molar-refractivity contribution in [3.8, 4) is 17.4 Å². The summed E-state index contributed by atoms with van der Waals surface area (Å²) < 4.78 is 34.6. The Bertz CT molecular complexity index is 1290. The maximum Gasteiger partial charge on any atom is 0.269 e. The first-order chi connectivity index (χ1) is 14.9. The molecular formula is C19H14N6O5S. The summed E-state index contributed by atoms with van der Waals surface area (Å²) in [5.41, 5.74) is 0.105. The lowest BCUT2D eigenvalue weighted by Gasteiger charge is -2.09. The molecule has 0 bridgehead atoms. The van der Waals surface area contributed by atoms with Crippen LogP contribution in [-0.4, -0.2) is 33.1 Å². The van der Waals surface area contributed by atoms with E-state index in [1.54, 1.807) is 47.6 Å². The quantitative estimate of drug-likeness (QED) is 0.342. The summed E-state index contributed by atoms with van der Waals surface area (Å²) in [6, 6.07) is 14.1. The van der Waals surface area contributed by atoms with Gasteiger partial charge in [-0.2, -0.15) is 0 Å². The van der Waals surface area contributed by atoms with Crippen molar-refractivity contribution < 1.29 is 18.1 Å². The number of aromatic nitrogens is 4. The average Bonchev–Trinajstić information content (AvgIpc) is 3.30. The van der Waals surface area contributed by atoms with Crippen LogP contribution in [0, 0.1) is 10.1 Å². The standard InChI is InChI=1S/C19H14N6O5S/c26-25(27)15-3-7-17(8-4-15)31(28,29)23-14-1-5-16(6-2-14)30-19-10-9-18(21-22-19)24-12-11-20-13-24/h1-13,23H. The molecule has 0 atom stereocenters. The highest BCUT2D eigenvalue weighted by atomic mass is 32.2. The lowest BCUT2D eigenvalue weighted by Crippen LogP contribution is -2.12. The molecule has 0 amide bonds. The van der Waals surface area contributed by atoms with E-state index < -0.39 is 14.9 Å². The highest BCUT2D eigenvalue weighted by Gasteiger charge is 2.16. The van der Waals surface area contributed by atoms with Crippen molar-refractivity contribution in [3.05, 3.63) is 89.5 Å². The predicted molar refractivity (Wildman–Crippen MR) is 110 cm³/mol. The number of hydrogen-bond donors (Lipinski definition) is 1. The second-order valence-electron chi connectivity index (χ2n) is 6.18. The van der Waals surface area contributed by atoms with Crippen molar-refractivity contribution in [1.29, 1.82) is 0 Å². The molecule has 0 radical (unpaired) electrons. The molecule has 0 aliphatic carbocycles. The molecule has 11 nitrogen and oxygen atoms in total. The average molecular weight is 438 g/mol. The number of nitrogens with zero attached hydrogens (tertiary/aromatic N) is 5. The van der Waals surface area contributed by atoms with Gasteiger partial charge in [-0.1, -0.05) is 0 Å². The highest BCUT2D eigenvalue weighted by Crippen LogP contribution is 2.24. The number of imidazole rings is 1. The molecule has 0 fully saturated rings. The van der Waals surface area contributed by atoms with Crippen LogP contribution in [-0.2, 0) is 10.0 Å². The Morgan fingerprint density at radius 2 is 1.71 bits per heavy atom. The number of benzene rings is 2. The number of nitrogens with one attached hydrogen (secondary N) is 1. The lowest BCUT2D eigenvalue weighted by molar-refractivity contribution is -0.384. The van der Waals surface area contributed by atoms with Crippen molar-refractivity contribution in [2.45, 2.75) is 4.90 Å². The Morgan fingerprint density at radius 1 is 0.968 bits per heavy atom. The van der Waals surface area contributed by atoms with Gasteiger partial charge in [0, 0.05) is 36.3 Å². The molecule has 0 aliphatic heterocycles. The minimum atomic E-state index is -3.90. The number of nitro benzene ring substituents is 1. The van der Waals surface area contributed by atoms with Crippen LogP contribution in [0.15, 0.2) is 84.3 Å². The number of non-ortho nitro benzene ring substituents is 1. The van der Waals surface area contributed by atoms with Crippen LogP contribution < -0.4 is 9.46 Å². The summed E-state index contributed by atoms with van der Waals surface area (Å²) in [4.78, 5) is 14.0. The van der Waals surface area contributed by atoms with Crippen LogP contribution >= 0.6 is 0 Å². The van der Waals surface area contributed by atoms with Crippen molar-refractivity contribution >= 4 is 21.4 Å². The van der Waals surface area contributed by atoms with Crippen molar-refractivity contribution in [2.75, 3.05) is 4.72 Å². The molecule has 2 aromatic heterocycles. The van der Waals surface area contributed by atoms with E-state index >= 15 is 0 Å². The van der Waals surface area contributed by atoms with E-state index in [0.717, 1.165) is 12.1 Å². The molecular weight excluding hydrogens is 424 g/mol. The fourth-order valence-corrected chi connectivity index (χ4v) is 3.63. The fourth-order valence-electron chi connectivity index (χ4n) is 2.57. The molecule has 0 unspecified atom stereocenters. The van der Waals surface area contributed by atoms with Gasteiger partial charge in [0.15, 0.2) is 5.82 Å². The minimum Gasteiger partial charge on any atom is -0.438 e. The van der Waals surface area contributed by atoms with Crippen LogP contribution in [0.2, 0.25) is 0 Å². The molecule has 1 N–H and O–H groups in total. The zero-order chi connectivity index (χ0) is 21.8. The Kier molecular flexibility index (Phi) is 5.28. The molecule has 4 rings (SSSR count). The van der Waals surface area contributed by atoms with Gasteiger partial charge in [-0.25, -0.2) is 13.4 Å². The van der Waals surface area contributed by atoms with Gasteiger partial charge < -0.3 is 4.74 Å².